The highest BCUT2D eigenvalue weighted by atomic mass is 79.9. The molecule has 118 valence electrons. The third kappa shape index (κ3) is 7.48. The zero-order valence-corrected chi connectivity index (χ0v) is 14.8. The molecule has 0 fully saturated rings. The van der Waals surface area contributed by atoms with Crippen molar-refractivity contribution in [2.45, 2.75) is 52.7 Å². The predicted molar refractivity (Wildman–Crippen MR) is 89.5 cm³/mol. The summed E-state index contributed by atoms with van der Waals surface area (Å²) in [6, 6.07) is 6.48. The van der Waals surface area contributed by atoms with Crippen LogP contribution >= 0.6 is 15.9 Å². The molecule has 0 aliphatic rings. The van der Waals surface area contributed by atoms with Gasteiger partial charge in [0.05, 0.1) is 13.0 Å². The van der Waals surface area contributed by atoms with Crippen LogP contribution in [0, 0.1) is 0 Å². The van der Waals surface area contributed by atoms with Gasteiger partial charge in [0.25, 0.3) is 0 Å². The van der Waals surface area contributed by atoms with Gasteiger partial charge in [-0.05, 0) is 37.6 Å². The van der Waals surface area contributed by atoms with Crippen molar-refractivity contribution in [3.05, 3.63) is 28.2 Å². The normalized spacial score (nSPS) is 11.0. The molecule has 1 aromatic carbocycles. The first-order valence-corrected chi connectivity index (χ1v) is 8.11. The Balaban J connectivity index is 2.48. The molecule has 0 aromatic heterocycles. The van der Waals surface area contributed by atoms with Gasteiger partial charge in [0.15, 0.2) is 0 Å². The Morgan fingerprint density at radius 1 is 1.24 bits per heavy atom. The van der Waals surface area contributed by atoms with Gasteiger partial charge in [-0.2, -0.15) is 0 Å². The van der Waals surface area contributed by atoms with E-state index < -0.39 is 0 Å². The van der Waals surface area contributed by atoms with E-state index in [0.29, 0.717) is 19.1 Å². The summed E-state index contributed by atoms with van der Waals surface area (Å²) in [5.74, 6) is 0.805. The Hall–Kier alpha value is -1.07. The number of rotatable bonds is 8. The van der Waals surface area contributed by atoms with E-state index >= 15 is 0 Å². The summed E-state index contributed by atoms with van der Waals surface area (Å²) < 4.78 is 6.71. The second-order valence-electron chi connectivity index (χ2n) is 5.61. The van der Waals surface area contributed by atoms with Crippen molar-refractivity contribution in [2.24, 2.45) is 0 Å². The Morgan fingerprint density at radius 3 is 2.57 bits per heavy atom. The number of benzene rings is 1. The van der Waals surface area contributed by atoms with Crippen LogP contribution in [0.2, 0.25) is 0 Å². The second kappa shape index (κ2) is 9.05. The smallest absolute Gasteiger partial charge is 0.223 e. The summed E-state index contributed by atoms with van der Waals surface area (Å²) in [4.78, 5) is 11.5. The summed E-state index contributed by atoms with van der Waals surface area (Å²) in [6.07, 6.45) is 0.369. The number of carbonyl (C=O) groups is 1. The van der Waals surface area contributed by atoms with Crippen LogP contribution in [-0.2, 0) is 11.3 Å². The molecule has 0 bridgehead atoms. The summed E-state index contributed by atoms with van der Waals surface area (Å²) in [7, 11) is 0. The fourth-order valence-corrected chi connectivity index (χ4v) is 2.13. The topological polar surface area (TPSA) is 50.4 Å². The summed E-state index contributed by atoms with van der Waals surface area (Å²) in [5.41, 5.74) is 1.15. The number of amides is 1. The molecular formula is C16H25BrN2O2. The lowest BCUT2D eigenvalue weighted by molar-refractivity contribution is -0.122. The van der Waals surface area contributed by atoms with Crippen LogP contribution in [0.15, 0.2) is 22.7 Å². The van der Waals surface area contributed by atoms with Crippen molar-refractivity contribution in [1.29, 1.82) is 0 Å². The predicted octanol–water partition coefficient (Wildman–Crippen LogP) is 3.24. The lowest BCUT2D eigenvalue weighted by Crippen LogP contribution is -2.31. The Morgan fingerprint density at radius 2 is 1.95 bits per heavy atom. The molecule has 0 saturated carbocycles. The van der Waals surface area contributed by atoms with Gasteiger partial charge in [-0.15, -0.1) is 0 Å². The molecule has 1 rings (SSSR count). The van der Waals surface area contributed by atoms with Crippen molar-refractivity contribution >= 4 is 21.8 Å². The highest BCUT2D eigenvalue weighted by Crippen LogP contribution is 2.22. The third-order valence-corrected chi connectivity index (χ3v) is 3.54. The zero-order chi connectivity index (χ0) is 15.8. The van der Waals surface area contributed by atoms with Gasteiger partial charge in [-0.3, -0.25) is 4.79 Å². The van der Waals surface area contributed by atoms with Gasteiger partial charge in [0, 0.05) is 23.1 Å². The van der Waals surface area contributed by atoms with Crippen LogP contribution in [0.1, 0.15) is 39.7 Å². The van der Waals surface area contributed by atoms with E-state index in [9.17, 15) is 4.79 Å². The molecule has 0 spiro atoms. The summed E-state index contributed by atoms with van der Waals surface area (Å²) in [6.45, 7) is 9.28. The zero-order valence-electron chi connectivity index (χ0n) is 13.2. The van der Waals surface area contributed by atoms with Crippen LogP contribution in [0.3, 0.4) is 0 Å². The van der Waals surface area contributed by atoms with Crippen LogP contribution in [0.4, 0.5) is 0 Å². The highest BCUT2D eigenvalue weighted by Gasteiger charge is 2.06. The molecule has 5 heteroatoms. The van der Waals surface area contributed by atoms with Gasteiger partial charge in [0.1, 0.15) is 5.75 Å². The largest absolute Gasteiger partial charge is 0.493 e. The van der Waals surface area contributed by atoms with Crippen molar-refractivity contribution in [3.63, 3.8) is 0 Å². The maximum Gasteiger partial charge on any atom is 0.223 e. The molecule has 0 aliphatic heterocycles. The molecule has 0 unspecified atom stereocenters. The number of hydrogen-bond donors (Lipinski definition) is 2. The van der Waals surface area contributed by atoms with Crippen molar-refractivity contribution in [1.82, 2.24) is 10.6 Å². The lowest BCUT2D eigenvalue weighted by atomic mass is 10.2. The minimum Gasteiger partial charge on any atom is -0.493 e. The Kier molecular flexibility index (Phi) is 7.75. The van der Waals surface area contributed by atoms with Gasteiger partial charge >= 0.3 is 0 Å². The first-order valence-electron chi connectivity index (χ1n) is 7.32. The second-order valence-corrected chi connectivity index (χ2v) is 6.46. The molecular weight excluding hydrogens is 332 g/mol. The number of nitrogens with one attached hydrogen (secondary N) is 2. The van der Waals surface area contributed by atoms with Crippen molar-refractivity contribution in [3.8, 4) is 5.75 Å². The number of halogens is 1. The summed E-state index contributed by atoms with van der Waals surface area (Å²) >= 11 is 3.54. The minimum absolute atomic E-state index is 0.0174. The molecule has 1 aromatic rings. The standard InChI is InChI=1S/C16H25BrN2O2/c1-11(2)18-10-13-9-14(5-6-15(13)17)21-8-7-16(20)19-12(3)4/h5-6,9,11-12,18H,7-8,10H2,1-4H3,(H,19,20). The SMILES string of the molecule is CC(C)NCc1cc(OCCC(=O)NC(C)C)ccc1Br. The molecule has 0 heterocycles. The van der Waals surface area contributed by atoms with Crippen molar-refractivity contribution in [2.75, 3.05) is 6.61 Å². The average molecular weight is 357 g/mol. The summed E-state index contributed by atoms with van der Waals surface area (Å²) in [5, 5.41) is 6.22. The molecule has 4 nitrogen and oxygen atoms in total. The van der Waals surface area contributed by atoms with Crippen LogP contribution in [0.5, 0.6) is 5.75 Å². The van der Waals surface area contributed by atoms with Gasteiger partial charge in [-0.25, -0.2) is 0 Å². The molecule has 0 aliphatic carbocycles. The minimum atomic E-state index is 0.0174. The van der Waals surface area contributed by atoms with E-state index in [2.05, 4.69) is 40.4 Å². The first-order chi connectivity index (χ1) is 9.88. The third-order valence-electron chi connectivity index (χ3n) is 2.77. The number of hydrogen-bond acceptors (Lipinski definition) is 3. The Labute approximate surface area is 135 Å². The molecule has 0 saturated heterocycles. The average Bonchev–Trinajstić information content (AvgIpc) is 2.38. The molecule has 21 heavy (non-hydrogen) atoms. The van der Waals surface area contributed by atoms with Crippen LogP contribution in [-0.4, -0.2) is 24.6 Å². The van der Waals surface area contributed by atoms with Crippen LogP contribution < -0.4 is 15.4 Å². The highest BCUT2D eigenvalue weighted by molar-refractivity contribution is 9.10. The number of carbonyl (C=O) groups excluding carboxylic acids is 1. The fourth-order valence-electron chi connectivity index (χ4n) is 1.75. The lowest BCUT2D eigenvalue weighted by Gasteiger charge is -2.13. The maximum absolute atomic E-state index is 11.5. The first kappa shape index (κ1) is 18.0. The van der Waals surface area contributed by atoms with Crippen LogP contribution in [0.25, 0.3) is 0 Å². The van der Waals surface area contributed by atoms with Crippen molar-refractivity contribution < 1.29 is 9.53 Å². The molecule has 0 radical (unpaired) electrons. The molecule has 1 amide bonds. The van der Waals surface area contributed by atoms with E-state index in [0.717, 1.165) is 22.3 Å². The van der Waals surface area contributed by atoms with E-state index in [4.69, 9.17) is 4.74 Å². The monoisotopic (exact) mass is 356 g/mol. The van der Waals surface area contributed by atoms with Gasteiger partial charge in [-0.1, -0.05) is 29.8 Å². The van der Waals surface area contributed by atoms with Gasteiger partial charge < -0.3 is 15.4 Å². The Bertz CT molecular complexity index is 462. The number of ether oxygens (including phenoxy) is 1. The van der Waals surface area contributed by atoms with Gasteiger partial charge in [0.2, 0.25) is 5.91 Å². The van der Waals surface area contributed by atoms with E-state index in [1.54, 1.807) is 0 Å². The van der Waals surface area contributed by atoms with E-state index in [1.807, 2.05) is 32.0 Å². The molecule has 0 atom stereocenters. The quantitative estimate of drug-likeness (QED) is 0.751. The van der Waals surface area contributed by atoms with E-state index in [-0.39, 0.29) is 11.9 Å². The maximum atomic E-state index is 11.5. The van der Waals surface area contributed by atoms with E-state index in [1.165, 1.54) is 0 Å². The molecule has 2 N–H and O–H groups in total. The fraction of sp³-hybridized carbons (Fsp3) is 0.562.